The molecule has 2 amide bonds. The van der Waals surface area contributed by atoms with Crippen molar-refractivity contribution in [1.82, 2.24) is 10.3 Å². The highest BCUT2D eigenvalue weighted by Crippen LogP contribution is 2.45. The fraction of sp³-hybridized carbons (Fsp3) is 0.273. The molecule has 11 heteroatoms. The molecule has 0 aliphatic heterocycles. The molecule has 0 saturated carbocycles. The number of hydrogen-bond acceptors (Lipinski definition) is 2. The van der Waals surface area contributed by atoms with E-state index in [0.717, 1.165) is 31.2 Å². The van der Waals surface area contributed by atoms with E-state index in [9.17, 15) is 35.5 Å². The molecule has 3 atom stereocenters. The number of benzene rings is 1. The van der Waals surface area contributed by atoms with Crippen molar-refractivity contribution in [3.63, 3.8) is 0 Å². The van der Waals surface area contributed by atoms with Crippen molar-refractivity contribution in [2.24, 2.45) is 11.8 Å². The van der Waals surface area contributed by atoms with Crippen molar-refractivity contribution in [2.75, 3.05) is 5.32 Å². The summed E-state index contributed by atoms with van der Waals surface area (Å²) in [5.41, 5.74) is -2.77. The Morgan fingerprint density at radius 1 is 1.03 bits per heavy atom. The van der Waals surface area contributed by atoms with Crippen LogP contribution in [0.15, 0.2) is 72.3 Å². The predicted molar refractivity (Wildman–Crippen MR) is 107 cm³/mol. The largest absolute Gasteiger partial charge is 0.418 e. The van der Waals surface area contributed by atoms with Gasteiger partial charge in [0.25, 0.3) is 0 Å². The summed E-state index contributed by atoms with van der Waals surface area (Å²) in [5, 5.41) is 4.76. The Morgan fingerprint density at radius 3 is 2.33 bits per heavy atom. The van der Waals surface area contributed by atoms with E-state index in [0.29, 0.717) is 6.08 Å². The minimum atomic E-state index is -4.97. The van der Waals surface area contributed by atoms with Crippen LogP contribution in [0.5, 0.6) is 0 Å². The molecule has 1 aromatic carbocycles. The van der Waals surface area contributed by atoms with Crippen molar-refractivity contribution in [1.29, 1.82) is 0 Å². The second-order valence-corrected chi connectivity index (χ2v) is 7.39. The summed E-state index contributed by atoms with van der Waals surface area (Å²) >= 11 is 0. The molecule has 33 heavy (non-hydrogen) atoms. The van der Waals surface area contributed by atoms with Crippen molar-refractivity contribution in [2.45, 2.75) is 25.3 Å². The van der Waals surface area contributed by atoms with Gasteiger partial charge in [-0.2, -0.15) is 26.3 Å². The second-order valence-electron chi connectivity index (χ2n) is 7.39. The van der Waals surface area contributed by atoms with Crippen LogP contribution in [-0.2, 0) is 6.18 Å². The van der Waals surface area contributed by atoms with Crippen LogP contribution in [0.25, 0.3) is 0 Å². The lowest BCUT2D eigenvalue weighted by Gasteiger charge is -2.34. The SMILES string of the molecule is CC1C(F)=C(C(F)(F)F)C=CC1C(NC(=O)Nc1cccnc1)c1ccccc1C(F)(F)F. The molecule has 1 aromatic heterocycles. The molecule has 1 heterocycles. The van der Waals surface area contributed by atoms with Crippen LogP contribution in [0.3, 0.4) is 0 Å². The van der Waals surface area contributed by atoms with Gasteiger partial charge in [0.15, 0.2) is 0 Å². The molecular weight excluding hydrogens is 455 g/mol. The summed E-state index contributed by atoms with van der Waals surface area (Å²) in [6.07, 6.45) is -5.59. The normalized spacial score (nSPS) is 19.9. The van der Waals surface area contributed by atoms with E-state index in [-0.39, 0.29) is 5.69 Å². The third-order valence-electron chi connectivity index (χ3n) is 5.22. The van der Waals surface area contributed by atoms with Crippen molar-refractivity contribution < 1.29 is 35.5 Å². The number of amides is 2. The van der Waals surface area contributed by atoms with Crippen LogP contribution in [0, 0.1) is 11.8 Å². The third-order valence-corrected chi connectivity index (χ3v) is 5.22. The first kappa shape index (κ1) is 24.3. The number of pyridine rings is 1. The Labute approximate surface area is 184 Å². The highest BCUT2D eigenvalue weighted by molar-refractivity contribution is 5.89. The molecule has 0 bridgehead atoms. The van der Waals surface area contributed by atoms with Gasteiger partial charge in [0.1, 0.15) is 5.83 Å². The number of nitrogens with zero attached hydrogens (tertiary/aromatic N) is 1. The maximum absolute atomic E-state index is 14.6. The van der Waals surface area contributed by atoms with Gasteiger partial charge in [0, 0.05) is 18.0 Å². The fourth-order valence-electron chi connectivity index (χ4n) is 3.65. The van der Waals surface area contributed by atoms with E-state index in [2.05, 4.69) is 15.6 Å². The fourth-order valence-corrected chi connectivity index (χ4v) is 3.65. The number of alkyl halides is 6. The molecule has 2 N–H and O–H groups in total. The van der Waals surface area contributed by atoms with Gasteiger partial charge in [-0.05, 0) is 23.8 Å². The number of halogens is 7. The molecule has 3 rings (SSSR count). The first-order valence-electron chi connectivity index (χ1n) is 9.68. The molecular formula is C22H18F7N3O. The third kappa shape index (κ3) is 5.52. The number of allylic oxidation sites excluding steroid dienone is 3. The van der Waals surface area contributed by atoms with E-state index in [1.807, 2.05) is 0 Å². The maximum Gasteiger partial charge on any atom is 0.418 e. The van der Waals surface area contributed by atoms with Gasteiger partial charge in [-0.15, -0.1) is 0 Å². The molecule has 176 valence electrons. The Balaban J connectivity index is 2.01. The van der Waals surface area contributed by atoms with Gasteiger partial charge in [-0.3, -0.25) is 4.98 Å². The molecule has 1 aliphatic carbocycles. The summed E-state index contributed by atoms with van der Waals surface area (Å²) in [5.74, 6) is -4.21. The second kappa shape index (κ2) is 9.24. The quantitative estimate of drug-likeness (QED) is 0.494. The van der Waals surface area contributed by atoms with E-state index in [1.54, 1.807) is 0 Å². The van der Waals surface area contributed by atoms with E-state index < -0.39 is 58.8 Å². The van der Waals surface area contributed by atoms with Gasteiger partial charge in [0.2, 0.25) is 0 Å². The van der Waals surface area contributed by atoms with E-state index >= 15 is 0 Å². The van der Waals surface area contributed by atoms with Gasteiger partial charge >= 0.3 is 18.4 Å². The van der Waals surface area contributed by atoms with Crippen LogP contribution in [0.4, 0.5) is 41.2 Å². The predicted octanol–water partition coefficient (Wildman–Crippen LogP) is 6.57. The number of anilines is 1. The average molecular weight is 473 g/mol. The van der Waals surface area contributed by atoms with Gasteiger partial charge in [0.05, 0.1) is 29.1 Å². The number of nitrogens with one attached hydrogen (secondary N) is 2. The van der Waals surface area contributed by atoms with Crippen LogP contribution in [0.2, 0.25) is 0 Å². The minimum Gasteiger partial charge on any atom is -0.330 e. The Kier molecular flexibility index (Phi) is 6.80. The van der Waals surface area contributed by atoms with E-state index in [4.69, 9.17) is 0 Å². The van der Waals surface area contributed by atoms with Gasteiger partial charge in [-0.25, -0.2) is 9.18 Å². The molecule has 0 spiro atoms. The molecule has 4 nitrogen and oxygen atoms in total. The summed E-state index contributed by atoms with van der Waals surface area (Å²) in [6, 6.07) is 4.88. The van der Waals surface area contributed by atoms with Crippen molar-refractivity contribution >= 4 is 11.7 Å². The topological polar surface area (TPSA) is 54.0 Å². The molecule has 1 aliphatic rings. The number of urea groups is 1. The Hall–Kier alpha value is -3.37. The summed E-state index contributed by atoms with van der Waals surface area (Å²) in [6.45, 7) is 1.12. The zero-order chi connectivity index (χ0) is 24.4. The van der Waals surface area contributed by atoms with E-state index in [1.165, 1.54) is 30.6 Å². The first-order valence-corrected chi connectivity index (χ1v) is 9.68. The monoisotopic (exact) mass is 473 g/mol. The summed E-state index contributed by atoms with van der Waals surface area (Å²) in [4.78, 5) is 16.4. The standard InChI is InChI=1S/C22H18F7N3O/c1-12-14(8-9-17(18(12)23)22(27,28)29)19(15-6-2-3-7-16(15)21(24,25)26)32-20(33)31-13-5-4-10-30-11-13/h2-12,14,19H,1H3,(H2,31,32,33). The maximum atomic E-state index is 14.6. The van der Waals surface area contributed by atoms with Crippen LogP contribution >= 0.6 is 0 Å². The molecule has 0 fully saturated rings. The number of carbonyl (C=O) groups excluding carboxylic acids is 1. The molecule has 2 aromatic rings. The zero-order valence-electron chi connectivity index (χ0n) is 17.0. The minimum absolute atomic E-state index is 0.232. The number of rotatable bonds is 4. The lowest BCUT2D eigenvalue weighted by atomic mass is 9.77. The smallest absolute Gasteiger partial charge is 0.330 e. The highest BCUT2D eigenvalue weighted by Gasteiger charge is 2.44. The number of hydrogen-bond donors (Lipinski definition) is 2. The van der Waals surface area contributed by atoms with Crippen molar-refractivity contribution in [3.05, 3.63) is 83.5 Å². The molecule has 0 radical (unpaired) electrons. The Bertz CT molecular complexity index is 1060. The summed E-state index contributed by atoms with van der Waals surface area (Å²) < 4.78 is 94.9. The molecule has 0 saturated heterocycles. The lowest BCUT2D eigenvalue weighted by Crippen LogP contribution is -2.40. The molecule has 3 unspecified atom stereocenters. The first-order chi connectivity index (χ1) is 15.4. The zero-order valence-corrected chi connectivity index (χ0v) is 17.0. The average Bonchev–Trinajstić information content (AvgIpc) is 2.73. The summed E-state index contributed by atoms with van der Waals surface area (Å²) in [7, 11) is 0. The number of aromatic nitrogens is 1. The van der Waals surface area contributed by atoms with Gasteiger partial charge in [-0.1, -0.05) is 37.3 Å². The highest BCUT2D eigenvalue weighted by atomic mass is 19.4. The van der Waals surface area contributed by atoms with Crippen LogP contribution in [0.1, 0.15) is 24.1 Å². The van der Waals surface area contributed by atoms with Crippen molar-refractivity contribution in [3.8, 4) is 0 Å². The van der Waals surface area contributed by atoms with Crippen LogP contribution in [-0.4, -0.2) is 17.2 Å². The van der Waals surface area contributed by atoms with Crippen LogP contribution < -0.4 is 10.6 Å². The lowest BCUT2D eigenvalue weighted by molar-refractivity contribution is -0.138. The van der Waals surface area contributed by atoms with Gasteiger partial charge < -0.3 is 10.6 Å². The number of carbonyl (C=O) groups is 1. The Morgan fingerprint density at radius 2 is 1.73 bits per heavy atom.